The molecule has 1 aromatic carbocycles. The summed E-state index contributed by atoms with van der Waals surface area (Å²) in [6.07, 6.45) is 7.95. The second-order valence-corrected chi connectivity index (χ2v) is 6.95. The van der Waals surface area contributed by atoms with Crippen molar-refractivity contribution in [1.82, 2.24) is 5.32 Å². The number of hydrogen-bond donors (Lipinski definition) is 1. The lowest BCUT2D eigenvalue weighted by Gasteiger charge is -2.18. The molecule has 0 spiro atoms. The van der Waals surface area contributed by atoms with Crippen LogP contribution < -0.4 is 14.8 Å². The molecule has 1 aliphatic carbocycles. The van der Waals surface area contributed by atoms with Crippen LogP contribution in [0.4, 0.5) is 0 Å². The van der Waals surface area contributed by atoms with E-state index in [1.165, 1.54) is 5.56 Å². The second kappa shape index (κ2) is 6.65. The Balaban J connectivity index is 1.44. The minimum atomic E-state index is -0.176. The van der Waals surface area contributed by atoms with Crippen LogP contribution in [-0.2, 0) is 11.2 Å². The molecule has 4 nitrogen and oxygen atoms in total. The summed E-state index contributed by atoms with van der Waals surface area (Å²) in [4.78, 5) is 11.9. The number of nitrogens with one attached hydrogen (secondary N) is 1. The van der Waals surface area contributed by atoms with Crippen LogP contribution in [0.1, 0.15) is 38.7 Å². The van der Waals surface area contributed by atoms with Gasteiger partial charge in [0.25, 0.3) is 0 Å². The van der Waals surface area contributed by atoms with Gasteiger partial charge in [-0.15, -0.1) is 0 Å². The van der Waals surface area contributed by atoms with E-state index < -0.39 is 0 Å². The van der Waals surface area contributed by atoms with Crippen LogP contribution >= 0.6 is 0 Å². The molecule has 1 N–H and O–H groups in total. The molecule has 23 heavy (non-hydrogen) atoms. The van der Waals surface area contributed by atoms with Crippen LogP contribution in [0.15, 0.2) is 30.4 Å². The summed E-state index contributed by atoms with van der Waals surface area (Å²) in [6.45, 7) is 5.12. The third-order valence-electron chi connectivity index (χ3n) is 4.30. The Hall–Kier alpha value is -1.97. The van der Waals surface area contributed by atoms with Crippen molar-refractivity contribution in [3.63, 3.8) is 0 Å². The molecule has 0 radical (unpaired) electrons. The first-order valence-corrected chi connectivity index (χ1v) is 8.40. The molecule has 0 saturated heterocycles. The monoisotopic (exact) mass is 315 g/mol. The molecule has 0 bridgehead atoms. The van der Waals surface area contributed by atoms with Gasteiger partial charge in [-0.05, 0) is 38.7 Å². The van der Waals surface area contributed by atoms with E-state index in [0.717, 1.165) is 30.8 Å². The average Bonchev–Trinajstić information content (AvgIpc) is 3.09. The maximum atomic E-state index is 11.9. The molecule has 1 atom stereocenters. The van der Waals surface area contributed by atoms with Crippen molar-refractivity contribution >= 4 is 5.91 Å². The maximum absolute atomic E-state index is 11.9. The van der Waals surface area contributed by atoms with Gasteiger partial charge in [-0.3, -0.25) is 4.79 Å². The topological polar surface area (TPSA) is 47.6 Å². The quantitative estimate of drug-likeness (QED) is 0.647. The highest BCUT2D eigenvalue weighted by molar-refractivity contribution is 5.76. The summed E-state index contributed by atoms with van der Waals surface area (Å²) in [5.41, 5.74) is 1.01. The highest BCUT2D eigenvalue weighted by Crippen LogP contribution is 2.41. The maximum Gasteiger partial charge on any atom is 0.220 e. The van der Waals surface area contributed by atoms with Gasteiger partial charge < -0.3 is 14.8 Å². The number of benzene rings is 1. The molecule has 124 valence electrons. The molecule has 4 heteroatoms. The summed E-state index contributed by atoms with van der Waals surface area (Å²) in [7, 11) is 0. The van der Waals surface area contributed by atoms with Gasteiger partial charge in [0.1, 0.15) is 12.2 Å². The molecule has 0 unspecified atom stereocenters. The zero-order chi connectivity index (χ0) is 16.3. The second-order valence-electron chi connectivity index (χ2n) is 6.95. The third kappa shape index (κ3) is 4.06. The highest BCUT2D eigenvalue weighted by atomic mass is 16.5. The van der Waals surface area contributed by atoms with Crippen LogP contribution in [0.2, 0.25) is 0 Å². The predicted molar refractivity (Wildman–Crippen MR) is 89.8 cm³/mol. The van der Waals surface area contributed by atoms with Crippen molar-refractivity contribution in [2.24, 2.45) is 5.92 Å². The van der Waals surface area contributed by atoms with Crippen molar-refractivity contribution in [3.05, 3.63) is 35.9 Å². The van der Waals surface area contributed by atoms with Crippen LogP contribution in [0.5, 0.6) is 11.5 Å². The average molecular weight is 315 g/mol. The number of carbonyl (C=O) groups is 1. The standard InChI is InChI=1S/C19H25NO3/c1-19(2)13-15-8-5-9-16(18(15)23-19)22-11-10-20-17(21)12-14-6-3-4-7-14/h3,5-6,8-9,14H,4,7,10-13H2,1-2H3,(H,20,21)/t14-/m0/s1. The molecular weight excluding hydrogens is 290 g/mol. The molecule has 0 saturated carbocycles. The Bertz CT molecular complexity index is 607. The fourth-order valence-corrected chi connectivity index (χ4v) is 3.23. The number of rotatable bonds is 6. The van der Waals surface area contributed by atoms with Gasteiger partial charge in [0.2, 0.25) is 5.91 Å². The summed E-state index contributed by atoms with van der Waals surface area (Å²) < 4.78 is 11.8. The first-order valence-electron chi connectivity index (χ1n) is 8.40. The molecule has 1 amide bonds. The van der Waals surface area contributed by atoms with Gasteiger partial charge >= 0.3 is 0 Å². The number of ether oxygens (including phenoxy) is 2. The number of fused-ring (bicyclic) bond motifs is 1. The van der Waals surface area contributed by atoms with Gasteiger partial charge in [0.15, 0.2) is 11.5 Å². The molecular formula is C19H25NO3. The van der Waals surface area contributed by atoms with Crippen molar-refractivity contribution < 1.29 is 14.3 Å². The molecule has 1 heterocycles. The Morgan fingerprint density at radius 2 is 2.30 bits per heavy atom. The third-order valence-corrected chi connectivity index (χ3v) is 4.30. The van der Waals surface area contributed by atoms with Crippen LogP contribution in [0, 0.1) is 5.92 Å². The lowest BCUT2D eigenvalue weighted by molar-refractivity contribution is -0.121. The highest BCUT2D eigenvalue weighted by Gasteiger charge is 2.32. The van der Waals surface area contributed by atoms with E-state index in [0.29, 0.717) is 25.5 Å². The summed E-state index contributed by atoms with van der Waals surface area (Å²) in [5.74, 6) is 2.12. The summed E-state index contributed by atoms with van der Waals surface area (Å²) >= 11 is 0. The van der Waals surface area contributed by atoms with Crippen LogP contribution in [0.3, 0.4) is 0 Å². The number of allylic oxidation sites excluding steroid dienone is 2. The number of amides is 1. The smallest absolute Gasteiger partial charge is 0.220 e. The summed E-state index contributed by atoms with van der Waals surface area (Å²) in [6, 6.07) is 5.99. The lowest BCUT2D eigenvalue weighted by atomic mass is 10.0. The van der Waals surface area contributed by atoms with Gasteiger partial charge in [0, 0.05) is 18.4 Å². The largest absolute Gasteiger partial charge is 0.488 e. The predicted octanol–water partition coefficient (Wildman–Crippen LogP) is 3.25. The first kappa shape index (κ1) is 15.9. The zero-order valence-corrected chi connectivity index (χ0v) is 13.9. The number of para-hydroxylation sites is 1. The Morgan fingerprint density at radius 1 is 1.43 bits per heavy atom. The van der Waals surface area contributed by atoms with E-state index in [1.807, 2.05) is 12.1 Å². The Morgan fingerprint density at radius 3 is 3.09 bits per heavy atom. The van der Waals surface area contributed by atoms with Crippen molar-refractivity contribution in [2.45, 2.75) is 45.1 Å². The first-order chi connectivity index (χ1) is 11.0. The molecule has 3 rings (SSSR count). The Labute approximate surface area is 137 Å². The number of carbonyl (C=O) groups excluding carboxylic acids is 1. The number of hydrogen-bond acceptors (Lipinski definition) is 3. The van der Waals surface area contributed by atoms with Crippen molar-refractivity contribution in [1.29, 1.82) is 0 Å². The fourth-order valence-electron chi connectivity index (χ4n) is 3.23. The van der Waals surface area contributed by atoms with Gasteiger partial charge in [-0.25, -0.2) is 0 Å². The molecule has 1 aromatic rings. The van der Waals surface area contributed by atoms with E-state index in [9.17, 15) is 4.79 Å². The van der Waals surface area contributed by atoms with Crippen LogP contribution in [-0.4, -0.2) is 24.7 Å². The van der Waals surface area contributed by atoms with Gasteiger partial charge in [-0.1, -0.05) is 24.3 Å². The van der Waals surface area contributed by atoms with Gasteiger partial charge in [0.05, 0.1) is 6.54 Å². The fraction of sp³-hybridized carbons (Fsp3) is 0.526. The zero-order valence-electron chi connectivity index (χ0n) is 13.9. The van der Waals surface area contributed by atoms with E-state index in [4.69, 9.17) is 9.47 Å². The van der Waals surface area contributed by atoms with E-state index in [1.54, 1.807) is 0 Å². The minimum absolute atomic E-state index is 0.0980. The minimum Gasteiger partial charge on any atom is -0.488 e. The van der Waals surface area contributed by atoms with Gasteiger partial charge in [-0.2, -0.15) is 0 Å². The molecule has 0 fully saturated rings. The molecule has 0 aromatic heterocycles. The Kier molecular flexibility index (Phi) is 4.60. The van der Waals surface area contributed by atoms with Crippen molar-refractivity contribution in [3.8, 4) is 11.5 Å². The normalized spacial score (nSPS) is 20.9. The van der Waals surface area contributed by atoms with E-state index in [2.05, 4.69) is 37.4 Å². The summed E-state index contributed by atoms with van der Waals surface area (Å²) in [5, 5.41) is 2.93. The van der Waals surface area contributed by atoms with E-state index in [-0.39, 0.29) is 11.5 Å². The van der Waals surface area contributed by atoms with Crippen LogP contribution in [0.25, 0.3) is 0 Å². The lowest BCUT2D eigenvalue weighted by Crippen LogP contribution is -2.29. The SMILES string of the molecule is CC1(C)Cc2cccc(OCCNC(=O)C[C@H]3C=CCC3)c2O1. The van der Waals surface area contributed by atoms with Crippen molar-refractivity contribution in [2.75, 3.05) is 13.2 Å². The molecule has 1 aliphatic heterocycles. The molecule has 2 aliphatic rings. The van der Waals surface area contributed by atoms with E-state index >= 15 is 0 Å².